The predicted octanol–water partition coefficient (Wildman–Crippen LogP) is 1.36. The number of hydrogen-bond acceptors (Lipinski definition) is 4. The Morgan fingerprint density at radius 1 is 1.50 bits per heavy atom. The first-order valence-corrected chi connectivity index (χ1v) is 5.90. The Kier molecular flexibility index (Phi) is 3.82. The predicted molar refractivity (Wildman–Crippen MR) is 68.3 cm³/mol. The van der Waals surface area contributed by atoms with Crippen molar-refractivity contribution in [3.63, 3.8) is 0 Å². The minimum atomic E-state index is -0.136. The lowest BCUT2D eigenvalue weighted by atomic mass is 10.0. The van der Waals surface area contributed by atoms with E-state index in [0.717, 1.165) is 22.8 Å². The zero-order valence-electron chi connectivity index (χ0n) is 10.5. The maximum atomic E-state index is 10.5. The van der Waals surface area contributed by atoms with Crippen LogP contribution in [0.5, 0.6) is 11.5 Å². The van der Waals surface area contributed by atoms with Crippen LogP contribution in [-0.4, -0.2) is 31.5 Å². The molecule has 1 atom stereocenters. The van der Waals surface area contributed by atoms with Gasteiger partial charge >= 0.3 is 0 Å². The zero-order chi connectivity index (χ0) is 13.0. The number of nitrogens with one attached hydrogen (secondary N) is 1. The van der Waals surface area contributed by atoms with E-state index in [2.05, 4.69) is 10.3 Å². The van der Waals surface area contributed by atoms with E-state index in [9.17, 15) is 4.79 Å². The van der Waals surface area contributed by atoms with Crippen LogP contribution < -0.4 is 14.8 Å². The summed E-state index contributed by atoms with van der Waals surface area (Å²) >= 11 is 0. The summed E-state index contributed by atoms with van der Waals surface area (Å²) in [4.78, 5) is 15.0. The molecule has 1 aliphatic heterocycles. The van der Waals surface area contributed by atoms with Crippen molar-refractivity contribution in [1.29, 1.82) is 0 Å². The molecular weight excluding hydrogens is 232 g/mol. The number of rotatable bonds is 5. The fourth-order valence-corrected chi connectivity index (χ4v) is 1.89. The van der Waals surface area contributed by atoms with E-state index < -0.39 is 0 Å². The van der Waals surface area contributed by atoms with Gasteiger partial charge in [-0.2, -0.15) is 0 Å². The third kappa shape index (κ3) is 2.45. The van der Waals surface area contributed by atoms with Crippen LogP contribution in [0.25, 0.3) is 0 Å². The minimum absolute atomic E-state index is 0.136. The molecule has 0 radical (unpaired) electrons. The van der Waals surface area contributed by atoms with E-state index in [0.29, 0.717) is 13.0 Å². The largest absolute Gasteiger partial charge is 0.454 e. The van der Waals surface area contributed by atoms with Crippen LogP contribution in [0.2, 0.25) is 0 Å². The molecule has 0 aliphatic carbocycles. The summed E-state index contributed by atoms with van der Waals surface area (Å²) in [5.74, 6) is 1.46. The summed E-state index contributed by atoms with van der Waals surface area (Å²) in [6, 6.07) is 5.53. The summed E-state index contributed by atoms with van der Waals surface area (Å²) in [6.07, 6.45) is 0.683. The molecule has 0 aromatic heterocycles. The lowest BCUT2D eigenvalue weighted by Crippen LogP contribution is -2.33. The molecule has 2 rings (SSSR count). The van der Waals surface area contributed by atoms with Crippen LogP contribution in [0, 0.1) is 0 Å². The van der Waals surface area contributed by atoms with Gasteiger partial charge in [0.15, 0.2) is 11.5 Å². The number of fused-ring (bicyclic) bond motifs is 1. The Hall–Kier alpha value is -2.04. The number of hydrogen-bond donors (Lipinski definition) is 1. The molecule has 1 N–H and O–H groups in total. The van der Waals surface area contributed by atoms with Crippen molar-refractivity contribution in [2.75, 3.05) is 13.3 Å². The normalized spacial score (nSPS) is 15.3. The second-order valence-corrected chi connectivity index (χ2v) is 3.93. The van der Waals surface area contributed by atoms with Crippen molar-refractivity contribution in [3.05, 3.63) is 23.8 Å². The zero-order valence-corrected chi connectivity index (χ0v) is 10.5. The summed E-state index contributed by atoms with van der Waals surface area (Å²) in [5.41, 5.74) is 1.77. The first-order chi connectivity index (χ1) is 8.76. The van der Waals surface area contributed by atoms with E-state index in [1.165, 1.54) is 0 Å². The molecule has 1 unspecified atom stereocenters. The van der Waals surface area contributed by atoms with Gasteiger partial charge in [-0.3, -0.25) is 9.79 Å². The molecule has 0 bridgehead atoms. The van der Waals surface area contributed by atoms with Gasteiger partial charge < -0.3 is 14.8 Å². The Labute approximate surface area is 106 Å². The molecule has 0 saturated heterocycles. The lowest BCUT2D eigenvalue weighted by Gasteiger charge is -2.14. The maximum absolute atomic E-state index is 10.5. The highest BCUT2D eigenvalue weighted by Gasteiger charge is 2.17. The molecule has 5 nitrogen and oxygen atoms in total. The van der Waals surface area contributed by atoms with Crippen molar-refractivity contribution < 1.29 is 14.3 Å². The van der Waals surface area contributed by atoms with Gasteiger partial charge in [-0.1, -0.05) is 0 Å². The number of carbonyl (C=O) groups excluding carboxylic acids is 1. The van der Waals surface area contributed by atoms with Crippen molar-refractivity contribution in [2.24, 2.45) is 4.99 Å². The molecule has 0 saturated carbocycles. The Morgan fingerprint density at radius 2 is 2.28 bits per heavy atom. The molecule has 18 heavy (non-hydrogen) atoms. The monoisotopic (exact) mass is 248 g/mol. The van der Waals surface area contributed by atoms with E-state index in [1.54, 1.807) is 0 Å². The Bertz CT molecular complexity index is 471. The quantitative estimate of drug-likeness (QED) is 0.632. The van der Waals surface area contributed by atoms with Gasteiger partial charge in [0.2, 0.25) is 13.2 Å². The number of amides is 1. The van der Waals surface area contributed by atoms with Crippen LogP contribution in [0.1, 0.15) is 19.4 Å². The van der Waals surface area contributed by atoms with Gasteiger partial charge in [0, 0.05) is 12.1 Å². The van der Waals surface area contributed by atoms with Gasteiger partial charge in [-0.05, 0) is 32.0 Å². The second kappa shape index (κ2) is 5.53. The fourth-order valence-electron chi connectivity index (χ4n) is 1.89. The van der Waals surface area contributed by atoms with E-state index in [1.807, 2.05) is 32.0 Å². The highest BCUT2D eigenvalue weighted by Crippen LogP contribution is 2.32. The molecule has 0 fully saturated rings. The average molecular weight is 248 g/mol. The van der Waals surface area contributed by atoms with E-state index in [-0.39, 0.29) is 12.8 Å². The lowest BCUT2D eigenvalue weighted by molar-refractivity contribution is -0.109. The Morgan fingerprint density at radius 3 is 3.00 bits per heavy atom. The Balaban J connectivity index is 2.31. The van der Waals surface area contributed by atoms with Crippen molar-refractivity contribution >= 4 is 12.1 Å². The number of nitrogens with zero attached hydrogens (tertiary/aromatic N) is 1. The first kappa shape index (κ1) is 12.4. The molecule has 1 aliphatic rings. The van der Waals surface area contributed by atoms with E-state index >= 15 is 0 Å². The topological polar surface area (TPSA) is 59.9 Å². The van der Waals surface area contributed by atoms with E-state index in [4.69, 9.17) is 9.47 Å². The first-order valence-electron chi connectivity index (χ1n) is 5.90. The van der Waals surface area contributed by atoms with Gasteiger partial charge in [-0.15, -0.1) is 0 Å². The smallest absolute Gasteiger partial charge is 0.231 e. The van der Waals surface area contributed by atoms with Gasteiger partial charge in [0.05, 0.1) is 11.8 Å². The number of aliphatic imine (C=N–C) groups is 1. The molecule has 1 heterocycles. The molecule has 1 amide bonds. The molecule has 96 valence electrons. The van der Waals surface area contributed by atoms with Crippen LogP contribution in [0.15, 0.2) is 23.2 Å². The summed E-state index contributed by atoms with van der Waals surface area (Å²) in [5, 5.41) is 2.71. The molecule has 1 aromatic rings. The molecule has 0 spiro atoms. The van der Waals surface area contributed by atoms with Crippen molar-refractivity contribution in [2.45, 2.75) is 19.9 Å². The number of carbonyl (C=O) groups is 1. The standard InChI is InChI=1S/C13H16N2O3/c1-3-14-13(9(2)15-7-16)10-4-5-11-12(6-10)18-8-17-11/h4-7,9H,3,8H2,1-2H3,(H,15,16)/b14-13+. The van der Waals surface area contributed by atoms with Crippen LogP contribution in [-0.2, 0) is 4.79 Å². The third-order valence-electron chi connectivity index (χ3n) is 2.72. The third-order valence-corrected chi connectivity index (χ3v) is 2.72. The average Bonchev–Trinajstić information content (AvgIpc) is 2.83. The molecule has 5 heteroatoms. The summed E-state index contributed by atoms with van der Waals surface area (Å²) < 4.78 is 10.6. The fraction of sp³-hybridized carbons (Fsp3) is 0.385. The summed E-state index contributed by atoms with van der Waals surface area (Å²) in [7, 11) is 0. The van der Waals surface area contributed by atoms with Crippen LogP contribution in [0.3, 0.4) is 0 Å². The highest BCUT2D eigenvalue weighted by molar-refractivity contribution is 6.05. The second-order valence-electron chi connectivity index (χ2n) is 3.93. The maximum Gasteiger partial charge on any atom is 0.231 e. The number of benzene rings is 1. The van der Waals surface area contributed by atoms with Crippen LogP contribution in [0.4, 0.5) is 0 Å². The van der Waals surface area contributed by atoms with Crippen molar-refractivity contribution in [3.8, 4) is 11.5 Å². The van der Waals surface area contributed by atoms with Gasteiger partial charge in [-0.25, -0.2) is 0 Å². The molecular formula is C13H16N2O3. The van der Waals surface area contributed by atoms with Crippen molar-refractivity contribution in [1.82, 2.24) is 5.32 Å². The van der Waals surface area contributed by atoms with Gasteiger partial charge in [0.1, 0.15) is 0 Å². The minimum Gasteiger partial charge on any atom is -0.454 e. The highest BCUT2D eigenvalue weighted by atomic mass is 16.7. The molecule has 1 aromatic carbocycles. The summed E-state index contributed by atoms with van der Waals surface area (Å²) in [6.45, 7) is 4.77. The number of ether oxygens (including phenoxy) is 2. The van der Waals surface area contributed by atoms with Gasteiger partial charge in [0.25, 0.3) is 0 Å². The van der Waals surface area contributed by atoms with Crippen LogP contribution >= 0.6 is 0 Å². The SMILES string of the molecule is CC/N=C(/c1ccc2c(c1)OCO2)C(C)NC=O.